The van der Waals surface area contributed by atoms with E-state index in [0.717, 1.165) is 12.8 Å². The van der Waals surface area contributed by atoms with E-state index in [1.54, 1.807) is 0 Å². The predicted molar refractivity (Wildman–Crippen MR) is 68.5 cm³/mol. The molecule has 2 N–H and O–H groups in total. The summed E-state index contributed by atoms with van der Waals surface area (Å²) in [4.78, 5) is 20.6. The molecule has 2 atom stereocenters. The standard InChI is InChI=1S/C10H18O4S2/c11-9(12)5-3-7(15)1-2-8(16)4-6-10(13)14/h7-8,15-16H,1-6H2,(H,11,12)(H,13,14). The SMILES string of the molecule is O=C(O)CCC(S)CCC(S)CCC(=O)O. The fourth-order valence-electron chi connectivity index (χ4n) is 1.25. The molecule has 0 saturated carbocycles. The van der Waals surface area contributed by atoms with Gasteiger partial charge in [-0.15, -0.1) is 0 Å². The minimum absolute atomic E-state index is 0.0515. The van der Waals surface area contributed by atoms with Gasteiger partial charge in [0.15, 0.2) is 0 Å². The number of carboxylic acid groups (broad SMARTS) is 2. The Kier molecular flexibility index (Phi) is 8.56. The van der Waals surface area contributed by atoms with Crippen molar-refractivity contribution < 1.29 is 19.8 Å². The van der Waals surface area contributed by atoms with Gasteiger partial charge in [0.05, 0.1) is 0 Å². The maximum Gasteiger partial charge on any atom is 0.303 e. The number of rotatable bonds is 9. The number of carbonyl (C=O) groups is 2. The molecule has 2 unspecified atom stereocenters. The monoisotopic (exact) mass is 266 g/mol. The summed E-state index contributed by atoms with van der Waals surface area (Å²) in [6.45, 7) is 0. The lowest BCUT2D eigenvalue weighted by Crippen LogP contribution is -2.09. The summed E-state index contributed by atoms with van der Waals surface area (Å²) in [5.41, 5.74) is 0. The summed E-state index contributed by atoms with van der Waals surface area (Å²) in [5, 5.41) is 17.0. The number of aliphatic carboxylic acids is 2. The van der Waals surface area contributed by atoms with Crippen LogP contribution in [0.25, 0.3) is 0 Å². The van der Waals surface area contributed by atoms with Crippen LogP contribution in [0.4, 0.5) is 0 Å². The minimum Gasteiger partial charge on any atom is -0.481 e. The summed E-state index contributed by atoms with van der Waals surface area (Å²) in [6, 6.07) is 0. The lowest BCUT2D eigenvalue weighted by Gasteiger charge is -2.12. The van der Waals surface area contributed by atoms with E-state index in [1.807, 2.05) is 0 Å². The topological polar surface area (TPSA) is 74.6 Å². The largest absolute Gasteiger partial charge is 0.481 e. The van der Waals surface area contributed by atoms with E-state index < -0.39 is 11.9 Å². The van der Waals surface area contributed by atoms with Gasteiger partial charge >= 0.3 is 11.9 Å². The Balaban J connectivity index is 3.54. The number of hydrogen-bond acceptors (Lipinski definition) is 4. The van der Waals surface area contributed by atoms with Gasteiger partial charge in [-0.3, -0.25) is 9.59 Å². The van der Waals surface area contributed by atoms with Crippen molar-refractivity contribution >= 4 is 37.2 Å². The number of thiol groups is 2. The van der Waals surface area contributed by atoms with Crippen molar-refractivity contribution in [3.63, 3.8) is 0 Å². The normalized spacial score (nSPS) is 14.4. The fraction of sp³-hybridized carbons (Fsp3) is 0.800. The van der Waals surface area contributed by atoms with E-state index in [4.69, 9.17) is 10.2 Å². The van der Waals surface area contributed by atoms with Gasteiger partial charge in [-0.2, -0.15) is 25.3 Å². The number of carboxylic acids is 2. The van der Waals surface area contributed by atoms with Crippen LogP contribution in [-0.2, 0) is 9.59 Å². The molecule has 0 spiro atoms. The molecular formula is C10H18O4S2. The zero-order chi connectivity index (χ0) is 12.6. The van der Waals surface area contributed by atoms with Gasteiger partial charge in [0.1, 0.15) is 0 Å². The Labute approximate surface area is 106 Å². The van der Waals surface area contributed by atoms with Crippen molar-refractivity contribution in [1.29, 1.82) is 0 Å². The molecule has 6 heteroatoms. The summed E-state index contributed by atoms with van der Waals surface area (Å²) in [5.74, 6) is -1.63. The van der Waals surface area contributed by atoms with E-state index in [0.29, 0.717) is 12.8 Å². The highest BCUT2D eigenvalue weighted by atomic mass is 32.1. The molecule has 0 aliphatic heterocycles. The van der Waals surface area contributed by atoms with Crippen LogP contribution in [0, 0.1) is 0 Å². The molecule has 0 aliphatic rings. The van der Waals surface area contributed by atoms with Gasteiger partial charge in [0.25, 0.3) is 0 Å². The number of hydrogen-bond donors (Lipinski definition) is 4. The summed E-state index contributed by atoms with van der Waals surface area (Å²) >= 11 is 8.55. The molecule has 0 aromatic heterocycles. The first kappa shape index (κ1) is 15.6. The molecule has 0 fully saturated rings. The second-order valence-corrected chi connectivity index (χ2v) is 5.21. The van der Waals surface area contributed by atoms with Crippen molar-refractivity contribution in [3.05, 3.63) is 0 Å². The van der Waals surface area contributed by atoms with Gasteiger partial charge in [-0.05, 0) is 25.7 Å². The average Bonchev–Trinajstić information content (AvgIpc) is 2.20. The molecule has 0 heterocycles. The van der Waals surface area contributed by atoms with Gasteiger partial charge in [-0.1, -0.05) is 0 Å². The first-order valence-corrected chi connectivity index (χ1v) is 6.24. The molecule has 94 valence electrons. The smallest absolute Gasteiger partial charge is 0.303 e. The van der Waals surface area contributed by atoms with Crippen LogP contribution in [0.1, 0.15) is 38.5 Å². The molecule has 0 aromatic rings. The second-order valence-electron chi connectivity index (χ2n) is 3.75. The van der Waals surface area contributed by atoms with Crippen LogP contribution in [0.2, 0.25) is 0 Å². The van der Waals surface area contributed by atoms with E-state index in [1.165, 1.54) is 0 Å². The Morgan fingerprint density at radius 2 is 1.12 bits per heavy atom. The molecular weight excluding hydrogens is 248 g/mol. The van der Waals surface area contributed by atoms with Gasteiger partial charge in [-0.25, -0.2) is 0 Å². The third-order valence-electron chi connectivity index (χ3n) is 2.22. The van der Waals surface area contributed by atoms with Crippen LogP contribution in [0.15, 0.2) is 0 Å². The Bertz CT molecular complexity index is 209. The molecule has 0 saturated heterocycles. The fourth-order valence-corrected chi connectivity index (χ4v) is 1.81. The predicted octanol–water partition coefficient (Wildman–Crippen LogP) is 2.09. The Morgan fingerprint density at radius 3 is 1.38 bits per heavy atom. The zero-order valence-corrected chi connectivity index (χ0v) is 10.8. The lowest BCUT2D eigenvalue weighted by atomic mass is 10.1. The van der Waals surface area contributed by atoms with Crippen molar-refractivity contribution in [1.82, 2.24) is 0 Å². The van der Waals surface area contributed by atoms with Crippen LogP contribution in [0.3, 0.4) is 0 Å². The molecule has 0 amide bonds. The highest BCUT2D eigenvalue weighted by Gasteiger charge is 2.10. The average molecular weight is 266 g/mol. The summed E-state index contributed by atoms with van der Waals surface area (Å²) in [7, 11) is 0. The zero-order valence-electron chi connectivity index (χ0n) is 9.00. The summed E-state index contributed by atoms with van der Waals surface area (Å²) in [6.07, 6.45) is 2.87. The Hall–Kier alpha value is -0.360. The van der Waals surface area contributed by atoms with Crippen LogP contribution in [0.5, 0.6) is 0 Å². The van der Waals surface area contributed by atoms with Crippen molar-refractivity contribution in [3.8, 4) is 0 Å². The van der Waals surface area contributed by atoms with Crippen molar-refractivity contribution in [2.75, 3.05) is 0 Å². The maximum atomic E-state index is 10.3. The molecule has 0 bridgehead atoms. The highest BCUT2D eigenvalue weighted by molar-refractivity contribution is 7.81. The van der Waals surface area contributed by atoms with Gasteiger partial charge in [0.2, 0.25) is 0 Å². The van der Waals surface area contributed by atoms with E-state index in [2.05, 4.69) is 25.3 Å². The van der Waals surface area contributed by atoms with E-state index in [9.17, 15) is 9.59 Å². The van der Waals surface area contributed by atoms with E-state index >= 15 is 0 Å². The van der Waals surface area contributed by atoms with Crippen molar-refractivity contribution in [2.45, 2.75) is 49.0 Å². The summed E-state index contributed by atoms with van der Waals surface area (Å²) < 4.78 is 0. The Morgan fingerprint density at radius 1 is 0.812 bits per heavy atom. The van der Waals surface area contributed by atoms with Gasteiger partial charge in [0, 0.05) is 23.3 Å². The lowest BCUT2D eigenvalue weighted by molar-refractivity contribution is -0.138. The van der Waals surface area contributed by atoms with E-state index in [-0.39, 0.29) is 23.3 Å². The van der Waals surface area contributed by atoms with Crippen LogP contribution in [-0.4, -0.2) is 32.7 Å². The molecule has 0 aromatic carbocycles. The molecule has 4 nitrogen and oxygen atoms in total. The second kappa shape index (κ2) is 8.75. The maximum absolute atomic E-state index is 10.3. The third-order valence-corrected chi connectivity index (χ3v) is 3.25. The van der Waals surface area contributed by atoms with Gasteiger partial charge < -0.3 is 10.2 Å². The first-order chi connectivity index (χ1) is 7.41. The van der Waals surface area contributed by atoms with Crippen LogP contribution < -0.4 is 0 Å². The highest BCUT2D eigenvalue weighted by Crippen LogP contribution is 2.18. The van der Waals surface area contributed by atoms with Crippen LogP contribution >= 0.6 is 25.3 Å². The molecule has 0 rings (SSSR count). The minimum atomic E-state index is -0.813. The first-order valence-electron chi connectivity index (χ1n) is 5.21. The third kappa shape index (κ3) is 10.2. The molecule has 16 heavy (non-hydrogen) atoms. The molecule has 0 aliphatic carbocycles. The quantitative estimate of drug-likeness (QED) is 0.482. The van der Waals surface area contributed by atoms with Crippen molar-refractivity contribution in [2.24, 2.45) is 0 Å². The molecule has 0 radical (unpaired) electrons.